The van der Waals surface area contributed by atoms with E-state index in [1.165, 1.54) is 0 Å². The van der Waals surface area contributed by atoms with Crippen molar-refractivity contribution in [1.29, 1.82) is 0 Å². The van der Waals surface area contributed by atoms with Gasteiger partial charge in [-0.2, -0.15) is 0 Å². The Kier molecular flexibility index (Phi) is 8.62. The number of hydrogen-bond acceptors (Lipinski definition) is 6. The quantitative estimate of drug-likeness (QED) is 0.147. The predicted molar refractivity (Wildman–Crippen MR) is 185 cm³/mol. The third kappa shape index (κ3) is 6.06. The van der Waals surface area contributed by atoms with Crippen molar-refractivity contribution in [2.24, 2.45) is 4.99 Å². The molecule has 1 aliphatic carbocycles. The van der Waals surface area contributed by atoms with Crippen molar-refractivity contribution in [3.63, 3.8) is 0 Å². The fourth-order valence-corrected chi connectivity index (χ4v) is 6.71. The Morgan fingerprint density at radius 3 is 2.17 bits per heavy atom. The van der Waals surface area contributed by atoms with E-state index in [0.29, 0.717) is 47.1 Å². The number of aryl methyl sites for hydroxylation is 1. The molecular weight excluding hydrogens is 588 g/mol. The number of methoxy groups -OCH3 is 1. The number of amides is 1. The van der Waals surface area contributed by atoms with Crippen molar-refractivity contribution < 1.29 is 23.8 Å². The van der Waals surface area contributed by atoms with Crippen molar-refractivity contribution in [3.8, 4) is 17.2 Å². The number of carbonyl (C=O) groups excluding carboxylic acids is 2. The van der Waals surface area contributed by atoms with E-state index >= 15 is 0 Å². The van der Waals surface area contributed by atoms with Crippen LogP contribution in [0.25, 0.3) is 11.6 Å². The van der Waals surface area contributed by atoms with Crippen molar-refractivity contribution in [1.82, 2.24) is 4.90 Å². The summed E-state index contributed by atoms with van der Waals surface area (Å²) in [6, 6.07) is 25.4. The number of fused-ring (bicyclic) bond motifs is 4. The SMILES string of the molecule is COc1cc(C=C2c3ccccc3C(=O)c3ccccc32)ccc1OCCCCCOc1cc2c(cc1C)C(=O)N1CCC[C@H]1C=N2. The predicted octanol–water partition coefficient (Wildman–Crippen LogP) is 8.09. The van der Waals surface area contributed by atoms with E-state index in [9.17, 15) is 9.59 Å². The van der Waals surface area contributed by atoms with E-state index in [4.69, 9.17) is 14.2 Å². The highest BCUT2D eigenvalue weighted by atomic mass is 16.5. The Bertz CT molecular complexity index is 1860. The highest BCUT2D eigenvalue weighted by molar-refractivity contribution is 6.20. The van der Waals surface area contributed by atoms with Gasteiger partial charge in [0.05, 0.1) is 37.6 Å². The molecule has 1 amide bonds. The topological polar surface area (TPSA) is 77.4 Å². The van der Waals surface area contributed by atoms with Crippen LogP contribution in [0.4, 0.5) is 5.69 Å². The molecule has 1 atom stereocenters. The summed E-state index contributed by atoms with van der Waals surface area (Å²) < 4.78 is 17.9. The van der Waals surface area contributed by atoms with Crippen LogP contribution in [0, 0.1) is 6.92 Å². The summed E-state index contributed by atoms with van der Waals surface area (Å²) >= 11 is 0. The maximum absolute atomic E-state index is 13.1. The largest absolute Gasteiger partial charge is 0.493 e. The van der Waals surface area contributed by atoms with Crippen molar-refractivity contribution in [3.05, 3.63) is 118 Å². The summed E-state index contributed by atoms with van der Waals surface area (Å²) in [6.45, 7) is 3.92. The first-order chi connectivity index (χ1) is 23.0. The second-order valence-corrected chi connectivity index (χ2v) is 12.3. The van der Waals surface area contributed by atoms with Gasteiger partial charge in [-0.25, -0.2) is 0 Å². The normalized spacial score (nSPS) is 16.2. The Morgan fingerprint density at radius 2 is 1.47 bits per heavy atom. The molecule has 0 spiro atoms. The number of ether oxygens (including phenoxy) is 3. The van der Waals surface area contributed by atoms with Gasteiger partial charge in [0.25, 0.3) is 5.91 Å². The minimum atomic E-state index is 0.0537. The lowest BCUT2D eigenvalue weighted by Crippen LogP contribution is -2.35. The van der Waals surface area contributed by atoms with Gasteiger partial charge in [0.2, 0.25) is 0 Å². The molecule has 1 fully saturated rings. The van der Waals surface area contributed by atoms with Crippen LogP contribution >= 0.6 is 0 Å². The van der Waals surface area contributed by atoms with Gasteiger partial charge in [-0.15, -0.1) is 0 Å². The lowest BCUT2D eigenvalue weighted by Gasteiger charge is -2.21. The molecule has 0 saturated carbocycles. The Morgan fingerprint density at radius 1 is 0.787 bits per heavy atom. The number of benzene rings is 4. The van der Waals surface area contributed by atoms with E-state index < -0.39 is 0 Å². The summed E-state index contributed by atoms with van der Waals surface area (Å²) in [4.78, 5) is 32.7. The standard InChI is InChI=1S/C40H38N2O5/c1-26-21-34-35(41-25-28-11-10-18-42(28)40(34)44)24-37(26)47-20-9-3-8-19-46-36-17-16-27(23-38(36)45-2)22-33-29-12-4-6-14-31(29)39(43)32-15-7-5-13-30(32)33/h4-7,12-17,21-25,28H,3,8-11,18-20H2,1-2H3/t28-/m0/s1. The smallest absolute Gasteiger partial charge is 0.256 e. The first kappa shape index (κ1) is 30.5. The molecule has 47 heavy (non-hydrogen) atoms. The molecule has 0 N–H and O–H groups in total. The number of rotatable bonds is 10. The van der Waals surface area contributed by atoms with Crippen LogP contribution in [0.3, 0.4) is 0 Å². The average molecular weight is 627 g/mol. The molecule has 2 heterocycles. The summed E-state index contributed by atoms with van der Waals surface area (Å²) in [7, 11) is 1.65. The number of aliphatic imine (C=N–C) groups is 1. The fourth-order valence-electron chi connectivity index (χ4n) is 6.71. The molecule has 7 heteroatoms. The molecule has 7 rings (SSSR count). The summed E-state index contributed by atoms with van der Waals surface area (Å²) in [5.41, 5.74) is 7.57. The number of unbranched alkanes of at least 4 members (excludes halogenated alkanes) is 2. The minimum absolute atomic E-state index is 0.0537. The van der Waals surface area contributed by atoms with Gasteiger partial charge in [0, 0.05) is 30.0 Å². The van der Waals surface area contributed by atoms with Crippen LogP contribution in [0.5, 0.6) is 17.2 Å². The number of nitrogens with zero attached hydrogens (tertiary/aromatic N) is 2. The highest BCUT2D eigenvalue weighted by Gasteiger charge is 2.32. The first-order valence-corrected chi connectivity index (χ1v) is 16.4. The fraction of sp³-hybridized carbons (Fsp3) is 0.275. The van der Waals surface area contributed by atoms with E-state index in [0.717, 1.165) is 72.2 Å². The van der Waals surface area contributed by atoms with Gasteiger partial charge >= 0.3 is 0 Å². The molecule has 238 valence electrons. The molecule has 0 aromatic heterocycles. The monoisotopic (exact) mass is 626 g/mol. The van der Waals surface area contributed by atoms with Crippen LogP contribution in [0.1, 0.15) is 80.6 Å². The molecule has 2 aliphatic heterocycles. The van der Waals surface area contributed by atoms with Gasteiger partial charge in [-0.05, 0) is 91.1 Å². The van der Waals surface area contributed by atoms with Crippen LogP contribution < -0.4 is 14.2 Å². The van der Waals surface area contributed by atoms with Gasteiger partial charge in [-0.3, -0.25) is 14.6 Å². The molecule has 4 aromatic carbocycles. The number of carbonyl (C=O) groups is 2. The van der Waals surface area contributed by atoms with Crippen molar-refractivity contribution >= 4 is 35.2 Å². The van der Waals surface area contributed by atoms with Crippen molar-refractivity contribution in [2.45, 2.75) is 45.1 Å². The van der Waals surface area contributed by atoms with Crippen LogP contribution in [-0.2, 0) is 0 Å². The molecule has 7 nitrogen and oxygen atoms in total. The van der Waals surface area contributed by atoms with E-state index in [2.05, 4.69) is 11.1 Å². The third-order valence-corrected chi connectivity index (χ3v) is 9.20. The van der Waals surface area contributed by atoms with E-state index in [1.807, 2.05) is 96.9 Å². The van der Waals surface area contributed by atoms with Gasteiger partial charge < -0.3 is 19.1 Å². The lowest BCUT2D eigenvalue weighted by molar-refractivity contribution is 0.0774. The molecule has 0 unspecified atom stereocenters. The van der Waals surface area contributed by atoms with Gasteiger partial charge in [0.15, 0.2) is 17.3 Å². The van der Waals surface area contributed by atoms with E-state index in [-0.39, 0.29) is 17.7 Å². The Hall–Kier alpha value is -5.17. The molecule has 0 bridgehead atoms. The van der Waals surface area contributed by atoms with Crippen LogP contribution in [-0.4, -0.2) is 55.7 Å². The average Bonchev–Trinajstić information content (AvgIpc) is 3.54. The zero-order valence-corrected chi connectivity index (χ0v) is 26.8. The maximum atomic E-state index is 13.1. The Labute approximate surface area is 275 Å². The molecule has 3 aliphatic rings. The van der Waals surface area contributed by atoms with Gasteiger partial charge in [-0.1, -0.05) is 54.6 Å². The summed E-state index contributed by atoms with van der Waals surface area (Å²) in [5.74, 6) is 2.26. The second-order valence-electron chi connectivity index (χ2n) is 12.3. The van der Waals surface area contributed by atoms with Crippen molar-refractivity contribution in [2.75, 3.05) is 26.9 Å². The van der Waals surface area contributed by atoms with Gasteiger partial charge in [0.1, 0.15) is 5.75 Å². The summed E-state index contributed by atoms with van der Waals surface area (Å²) in [6.07, 6.45) is 8.72. The number of hydrogen-bond donors (Lipinski definition) is 0. The maximum Gasteiger partial charge on any atom is 0.256 e. The molecule has 4 aromatic rings. The van der Waals surface area contributed by atoms with Crippen LogP contribution in [0.15, 0.2) is 83.9 Å². The summed E-state index contributed by atoms with van der Waals surface area (Å²) in [5, 5.41) is 0. The molecule has 1 saturated heterocycles. The zero-order chi connectivity index (χ0) is 32.3. The molecule has 0 radical (unpaired) electrons. The number of ketones is 1. The highest BCUT2D eigenvalue weighted by Crippen LogP contribution is 2.38. The van der Waals surface area contributed by atoms with Crippen LogP contribution in [0.2, 0.25) is 0 Å². The first-order valence-electron chi connectivity index (χ1n) is 16.4. The lowest BCUT2D eigenvalue weighted by atomic mass is 9.81. The van der Waals surface area contributed by atoms with E-state index in [1.54, 1.807) is 7.11 Å². The second kappa shape index (κ2) is 13.3. The minimum Gasteiger partial charge on any atom is -0.493 e. The third-order valence-electron chi connectivity index (χ3n) is 9.20. The Balaban J connectivity index is 0.942. The molecular formula is C40H38N2O5. The zero-order valence-electron chi connectivity index (χ0n) is 26.8.